The van der Waals surface area contributed by atoms with Crippen LogP contribution in [-0.4, -0.2) is 85.0 Å². The van der Waals surface area contributed by atoms with Crippen molar-refractivity contribution in [2.24, 2.45) is 0 Å². The van der Waals surface area contributed by atoms with Gasteiger partial charge in [0, 0.05) is 35.6 Å². The standard InChI is InChI=1S/C33H45N5O4S/c34-33(36-39)27-9-13-29(14-10-27)42-22-6-2-5-21-41-28-11-7-26(8-12-28)32-30(15-18-37-19-23-40-24-20-37)43-31(35-32)25-38-16-3-1-4-17-38/h7-14,39H,1-6,15-25H2,(H2,34,36). The molecule has 232 valence electrons. The van der Waals surface area contributed by atoms with Crippen LogP contribution in [0.3, 0.4) is 0 Å². The maximum atomic E-state index is 8.82. The third-order valence-corrected chi connectivity index (χ3v) is 9.12. The van der Waals surface area contributed by atoms with Crippen molar-refractivity contribution in [3.8, 4) is 22.8 Å². The predicted octanol–water partition coefficient (Wildman–Crippen LogP) is 5.60. The van der Waals surface area contributed by atoms with Crippen molar-refractivity contribution in [3.05, 3.63) is 64.0 Å². The number of ether oxygens (including phenoxy) is 3. The third kappa shape index (κ3) is 9.74. The van der Waals surface area contributed by atoms with Gasteiger partial charge in [-0.05, 0) is 100 Å². The molecule has 0 atom stereocenters. The third-order valence-electron chi connectivity index (χ3n) is 8.02. The lowest BCUT2D eigenvalue weighted by Crippen LogP contribution is -2.37. The molecule has 9 nitrogen and oxygen atoms in total. The number of hydrogen-bond acceptors (Lipinski definition) is 9. The second-order valence-electron chi connectivity index (χ2n) is 11.2. The van der Waals surface area contributed by atoms with Crippen LogP contribution < -0.4 is 15.0 Å². The molecule has 3 aromatic rings. The van der Waals surface area contributed by atoms with E-state index in [0.29, 0.717) is 18.8 Å². The molecule has 0 unspecified atom stereocenters. The van der Waals surface area contributed by atoms with E-state index in [2.05, 4.69) is 34.1 Å². The zero-order chi connectivity index (χ0) is 29.7. The number of rotatable bonds is 15. The van der Waals surface area contributed by atoms with Crippen LogP contribution in [0.4, 0.5) is 0 Å². The van der Waals surface area contributed by atoms with Crippen molar-refractivity contribution in [3.63, 3.8) is 0 Å². The summed E-state index contributed by atoms with van der Waals surface area (Å²) in [5.74, 6) is 1.61. The van der Waals surface area contributed by atoms with Crippen molar-refractivity contribution in [1.29, 1.82) is 5.41 Å². The fourth-order valence-electron chi connectivity index (χ4n) is 5.51. The summed E-state index contributed by atoms with van der Waals surface area (Å²) in [6, 6.07) is 15.6. The average molecular weight is 608 g/mol. The Kier molecular flexibility index (Phi) is 12.2. The number of piperidine rings is 1. The minimum absolute atomic E-state index is 0.0362. The molecule has 0 amide bonds. The summed E-state index contributed by atoms with van der Waals surface area (Å²) in [4.78, 5) is 11.6. The Balaban J connectivity index is 1.08. The number of aromatic nitrogens is 1. The van der Waals surface area contributed by atoms with Crippen molar-refractivity contribution in [2.75, 3.05) is 59.2 Å². The number of thiazole rings is 1. The number of benzene rings is 2. The van der Waals surface area contributed by atoms with Gasteiger partial charge in [0.1, 0.15) is 22.3 Å². The zero-order valence-corrected chi connectivity index (χ0v) is 25.9. The number of unbranched alkanes of at least 4 members (excludes halogenated alkanes) is 2. The summed E-state index contributed by atoms with van der Waals surface area (Å²) in [7, 11) is 0. The predicted molar refractivity (Wildman–Crippen MR) is 171 cm³/mol. The highest BCUT2D eigenvalue weighted by Gasteiger charge is 2.19. The smallest absolute Gasteiger partial charge is 0.149 e. The molecule has 0 saturated carbocycles. The van der Waals surface area contributed by atoms with Crippen molar-refractivity contribution in [2.45, 2.75) is 51.5 Å². The summed E-state index contributed by atoms with van der Waals surface area (Å²) in [5, 5.41) is 17.6. The van der Waals surface area contributed by atoms with Gasteiger partial charge in [-0.1, -0.05) is 6.42 Å². The first kappa shape index (κ1) is 31.4. The molecule has 10 heteroatoms. The van der Waals surface area contributed by atoms with Gasteiger partial charge in [0.25, 0.3) is 0 Å². The van der Waals surface area contributed by atoms with Crippen LogP contribution in [-0.2, 0) is 17.7 Å². The van der Waals surface area contributed by atoms with Gasteiger partial charge >= 0.3 is 0 Å². The Hall–Kier alpha value is -3.02. The molecule has 43 heavy (non-hydrogen) atoms. The van der Waals surface area contributed by atoms with Gasteiger partial charge in [-0.2, -0.15) is 0 Å². The fraction of sp³-hybridized carbons (Fsp3) is 0.515. The summed E-state index contributed by atoms with van der Waals surface area (Å²) in [6.45, 7) is 9.37. The van der Waals surface area contributed by atoms with Crippen molar-refractivity contribution >= 4 is 17.2 Å². The summed E-state index contributed by atoms with van der Waals surface area (Å²) in [6.07, 6.45) is 7.87. The van der Waals surface area contributed by atoms with Crippen molar-refractivity contribution in [1.82, 2.24) is 20.3 Å². The topological polar surface area (TPSA) is 103 Å². The van der Waals surface area contributed by atoms with Gasteiger partial charge in [0.05, 0.1) is 38.7 Å². The highest BCUT2D eigenvalue weighted by molar-refractivity contribution is 7.12. The lowest BCUT2D eigenvalue weighted by Gasteiger charge is -2.26. The largest absolute Gasteiger partial charge is 0.494 e. The zero-order valence-electron chi connectivity index (χ0n) is 25.1. The van der Waals surface area contributed by atoms with Gasteiger partial charge in [0.2, 0.25) is 0 Å². The molecule has 3 heterocycles. The van der Waals surface area contributed by atoms with Crippen LogP contribution in [0.15, 0.2) is 48.5 Å². The molecule has 0 aliphatic carbocycles. The molecule has 3 N–H and O–H groups in total. The first-order chi connectivity index (χ1) is 21.2. The molecular formula is C33H45N5O4S. The van der Waals surface area contributed by atoms with Crippen LogP contribution in [0, 0.1) is 5.41 Å². The lowest BCUT2D eigenvalue weighted by molar-refractivity contribution is 0.0385. The highest BCUT2D eigenvalue weighted by atomic mass is 32.1. The molecule has 2 aromatic carbocycles. The Labute approximate surface area is 259 Å². The van der Waals surface area contributed by atoms with E-state index in [1.54, 1.807) is 12.1 Å². The van der Waals surface area contributed by atoms with Gasteiger partial charge in [0.15, 0.2) is 0 Å². The molecule has 5 rings (SSSR count). The average Bonchev–Trinajstić information content (AvgIpc) is 3.46. The molecule has 2 aliphatic heterocycles. The van der Waals surface area contributed by atoms with E-state index in [1.807, 2.05) is 28.9 Å². The summed E-state index contributed by atoms with van der Waals surface area (Å²) < 4.78 is 17.4. The SMILES string of the molecule is N=C(NO)c1ccc(OCCCCCOc2ccc(-c3nc(CN4CCCCC4)sc3CCN3CCOCC3)cc2)cc1. The molecule has 0 radical (unpaired) electrons. The van der Waals surface area contributed by atoms with E-state index < -0.39 is 0 Å². The van der Waals surface area contributed by atoms with E-state index in [4.69, 9.17) is 29.8 Å². The number of nitrogens with zero attached hydrogens (tertiary/aromatic N) is 3. The normalized spacial score (nSPS) is 16.2. The Morgan fingerprint density at radius 3 is 2.16 bits per heavy atom. The number of amidine groups is 1. The van der Waals surface area contributed by atoms with E-state index in [-0.39, 0.29) is 5.84 Å². The first-order valence-corrected chi connectivity index (χ1v) is 16.5. The van der Waals surface area contributed by atoms with E-state index in [1.165, 1.54) is 47.8 Å². The number of hydrogen-bond donors (Lipinski definition) is 3. The lowest BCUT2D eigenvalue weighted by atomic mass is 10.1. The summed E-state index contributed by atoms with van der Waals surface area (Å²) >= 11 is 1.89. The van der Waals surface area contributed by atoms with Gasteiger partial charge in [-0.15, -0.1) is 11.3 Å². The van der Waals surface area contributed by atoms with Crippen LogP contribution in [0.25, 0.3) is 11.3 Å². The second kappa shape index (κ2) is 16.7. The Morgan fingerprint density at radius 2 is 1.51 bits per heavy atom. The van der Waals surface area contributed by atoms with Gasteiger partial charge in [-0.25, -0.2) is 4.98 Å². The molecule has 2 aliphatic rings. The van der Waals surface area contributed by atoms with Crippen LogP contribution in [0.1, 0.15) is 54.0 Å². The fourth-order valence-corrected chi connectivity index (χ4v) is 6.63. The van der Waals surface area contributed by atoms with Crippen LogP contribution >= 0.6 is 11.3 Å². The molecule has 2 fully saturated rings. The second-order valence-corrected chi connectivity index (χ2v) is 12.4. The maximum absolute atomic E-state index is 8.82. The number of likely N-dealkylation sites (tertiary alicyclic amines) is 1. The van der Waals surface area contributed by atoms with Gasteiger partial charge < -0.3 is 14.2 Å². The Bertz CT molecular complexity index is 1260. The van der Waals surface area contributed by atoms with Gasteiger partial charge in [-0.3, -0.25) is 25.9 Å². The number of hydroxylamine groups is 1. The molecule has 1 aromatic heterocycles. The van der Waals surface area contributed by atoms with Crippen LogP contribution in [0.2, 0.25) is 0 Å². The first-order valence-electron chi connectivity index (χ1n) is 15.6. The molecule has 2 saturated heterocycles. The van der Waals surface area contributed by atoms with Crippen molar-refractivity contribution < 1.29 is 19.4 Å². The minimum Gasteiger partial charge on any atom is -0.494 e. The summed E-state index contributed by atoms with van der Waals surface area (Å²) in [5.41, 5.74) is 4.75. The number of nitrogens with one attached hydrogen (secondary N) is 2. The minimum atomic E-state index is -0.0362. The van der Waals surface area contributed by atoms with E-state index >= 15 is 0 Å². The monoisotopic (exact) mass is 607 g/mol. The highest BCUT2D eigenvalue weighted by Crippen LogP contribution is 2.31. The number of morpholine rings is 1. The van der Waals surface area contributed by atoms with Crippen LogP contribution in [0.5, 0.6) is 11.5 Å². The van der Waals surface area contributed by atoms with E-state index in [9.17, 15) is 0 Å². The Morgan fingerprint density at radius 1 is 0.860 bits per heavy atom. The molecular weight excluding hydrogens is 562 g/mol. The quantitative estimate of drug-likeness (QED) is 0.0888. The maximum Gasteiger partial charge on any atom is 0.149 e. The molecule has 0 spiro atoms. The molecule has 0 bridgehead atoms. The van der Waals surface area contributed by atoms with E-state index in [0.717, 1.165) is 82.3 Å².